The third-order valence-corrected chi connectivity index (χ3v) is 6.14. The van der Waals surface area contributed by atoms with Gasteiger partial charge < -0.3 is 30.3 Å². The van der Waals surface area contributed by atoms with Crippen molar-refractivity contribution in [2.75, 3.05) is 26.4 Å². The molecule has 0 bridgehead atoms. The molecular weight excluding hydrogens is 574 g/mol. The number of hydrogen-bond acceptors (Lipinski definition) is 5. The van der Waals surface area contributed by atoms with Gasteiger partial charge in [0, 0.05) is 35.5 Å². The van der Waals surface area contributed by atoms with Gasteiger partial charge in [-0.3, -0.25) is 0 Å². The van der Waals surface area contributed by atoms with Crippen LogP contribution < -0.4 is 5.32 Å². The Kier molecular flexibility index (Phi) is 6.98. The van der Waals surface area contributed by atoms with E-state index in [1.807, 2.05) is 12.1 Å². The minimum absolute atomic E-state index is 0.136. The molecule has 27 heavy (non-hydrogen) atoms. The molecule has 0 radical (unpaired) electrons. The molecular formula is C19H22I2N2O4. The lowest BCUT2D eigenvalue weighted by Gasteiger charge is -2.30. The Labute approximate surface area is 184 Å². The van der Waals surface area contributed by atoms with Crippen molar-refractivity contribution in [1.29, 1.82) is 0 Å². The summed E-state index contributed by atoms with van der Waals surface area (Å²) in [5.74, 6) is 0. The van der Waals surface area contributed by atoms with Crippen LogP contribution in [-0.2, 0) is 6.54 Å². The van der Waals surface area contributed by atoms with Crippen molar-refractivity contribution in [3.05, 3.63) is 43.5 Å². The number of aliphatic hydroxyl groups excluding tert-OH is 4. The fourth-order valence-electron chi connectivity index (χ4n) is 3.17. The number of benzene rings is 2. The van der Waals surface area contributed by atoms with Crippen molar-refractivity contribution in [3.8, 4) is 0 Å². The number of aromatic nitrogens is 1. The van der Waals surface area contributed by atoms with Crippen molar-refractivity contribution in [3.63, 3.8) is 0 Å². The van der Waals surface area contributed by atoms with Crippen molar-refractivity contribution in [2.24, 2.45) is 0 Å². The third-order valence-electron chi connectivity index (χ3n) is 4.80. The van der Waals surface area contributed by atoms with E-state index >= 15 is 0 Å². The second kappa shape index (κ2) is 8.89. The second-order valence-electron chi connectivity index (χ2n) is 6.72. The van der Waals surface area contributed by atoms with Crippen LogP contribution in [0, 0.1) is 7.14 Å². The zero-order chi connectivity index (χ0) is 19.6. The Morgan fingerprint density at radius 1 is 0.889 bits per heavy atom. The number of fused-ring (bicyclic) bond motifs is 3. The number of aliphatic hydroxyl groups is 4. The summed E-state index contributed by atoms with van der Waals surface area (Å²) in [6, 6.07) is 12.5. The van der Waals surface area contributed by atoms with E-state index in [4.69, 9.17) is 0 Å². The molecule has 1 atom stereocenters. The van der Waals surface area contributed by atoms with Gasteiger partial charge in [-0.05, 0) is 81.6 Å². The first-order valence-corrected chi connectivity index (χ1v) is 10.7. The van der Waals surface area contributed by atoms with Crippen molar-refractivity contribution >= 4 is 67.0 Å². The minimum atomic E-state index is -1.20. The van der Waals surface area contributed by atoms with E-state index < -0.39 is 31.5 Å². The number of rotatable bonds is 8. The van der Waals surface area contributed by atoms with E-state index in [0.717, 1.165) is 28.9 Å². The first-order valence-electron chi connectivity index (χ1n) is 8.56. The van der Waals surface area contributed by atoms with E-state index in [0.29, 0.717) is 6.54 Å². The molecule has 146 valence electrons. The highest BCUT2D eigenvalue weighted by molar-refractivity contribution is 14.1. The van der Waals surface area contributed by atoms with Crippen molar-refractivity contribution in [2.45, 2.75) is 18.2 Å². The highest BCUT2D eigenvalue weighted by atomic mass is 127. The van der Waals surface area contributed by atoms with E-state index in [2.05, 4.69) is 79.3 Å². The normalized spacial score (nSPS) is 13.6. The highest BCUT2D eigenvalue weighted by Gasteiger charge is 2.28. The zero-order valence-electron chi connectivity index (χ0n) is 14.6. The number of halogens is 2. The smallest absolute Gasteiger partial charge is 0.0882 e. The van der Waals surface area contributed by atoms with Gasteiger partial charge in [0.2, 0.25) is 0 Å². The first kappa shape index (κ1) is 21.2. The van der Waals surface area contributed by atoms with E-state index in [-0.39, 0.29) is 6.54 Å². The fraction of sp³-hybridized carbons (Fsp3) is 0.368. The summed E-state index contributed by atoms with van der Waals surface area (Å²) < 4.78 is 4.39. The van der Waals surface area contributed by atoms with Crippen molar-refractivity contribution in [1.82, 2.24) is 9.88 Å². The Balaban J connectivity index is 1.92. The summed E-state index contributed by atoms with van der Waals surface area (Å²) in [7, 11) is 0. The maximum Gasteiger partial charge on any atom is 0.0882 e. The quantitative estimate of drug-likeness (QED) is 0.255. The van der Waals surface area contributed by atoms with Crippen LogP contribution in [0.5, 0.6) is 0 Å². The predicted molar refractivity (Wildman–Crippen MR) is 123 cm³/mol. The van der Waals surface area contributed by atoms with Crippen LogP contribution in [0.4, 0.5) is 0 Å². The average molecular weight is 596 g/mol. The Hall–Kier alpha value is -0.500. The molecule has 3 rings (SSSR count). The number of nitrogens with one attached hydrogen (secondary N) is 1. The lowest BCUT2D eigenvalue weighted by Crippen LogP contribution is -2.56. The fourth-order valence-corrected chi connectivity index (χ4v) is 4.15. The summed E-state index contributed by atoms with van der Waals surface area (Å²) in [6.45, 7) is -0.763. The SMILES string of the molecule is OCC(CO)(CO)NCC(O)Cn1c2ccc(I)cc2c2cc(I)ccc21. The topological polar surface area (TPSA) is 97.9 Å². The minimum Gasteiger partial charge on any atom is -0.394 e. The lowest BCUT2D eigenvalue weighted by atomic mass is 10.0. The van der Waals surface area contributed by atoms with Gasteiger partial charge in [0.1, 0.15) is 0 Å². The van der Waals surface area contributed by atoms with Gasteiger partial charge in [-0.25, -0.2) is 0 Å². The molecule has 1 aromatic heterocycles. The molecule has 0 aliphatic heterocycles. The molecule has 1 heterocycles. The predicted octanol–water partition coefficient (Wildman–Crippen LogP) is 1.67. The maximum atomic E-state index is 10.6. The molecule has 0 fully saturated rings. The molecule has 8 heteroatoms. The van der Waals surface area contributed by atoms with E-state index in [9.17, 15) is 20.4 Å². The second-order valence-corrected chi connectivity index (χ2v) is 9.21. The van der Waals surface area contributed by atoms with E-state index in [1.54, 1.807) is 0 Å². The summed E-state index contributed by atoms with van der Waals surface area (Å²) >= 11 is 4.59. The van der Waals surface area contributed by atoms with Crippen molar-refractivity contribution < 1.29 is 20.4 Å². The molecule has 0 amide bonds. The van der Waals surface area contributed by atoms with Gasteiger partial charge in [0.05, 0.1) is 38.0 Å². The summed E-state index contributed by atoms with van der Waals surface area (Å²) in [4.78, 5) is 0. The van der Waals surface area contributed by atoms with Crippen LogP contribution in [-0.4, -0.2) is 63.0 Å². The van der Waals surface area contributed by atoms with Gasteiger partial charge in [-0.15, -0.1) is 0 Å². The third kappa shape index (κ3) is 4.41. The number of hydrogen-bond donors (Lipinski definition) is 5. The molecule has 5 N–H and O–H groups in total. The molecule has 0 aliphatic carbocycles. The Morgan fingerprint density at radius 2 is 1.37 bits per heavy atom. The summed E-state index contributed by atoms with van der Waals surface area (Å²) in [5.41, 5.74) is 0.891. The van der Waals surface area contributed by atoms with Crippen LogP contribution in [0.3, 0.4) is 0 Å². The molecule has 0 saturated heterocycles. The molecule has 0 aliphatic rings. The summed E-state index contributed by atoms with van der Waals surface area (Å²) in [5, 5.41) is 44.0. The monoisotopic (exact) mass is 596 g/mol. The molecule has 6 nitrogen and oxygen atoms in total. The van der Waals surface area contributed by atoms with Crippen LogP contribution >= 0.6 is 45.2 Å². The molecule has 2 aromatic carbocycles. The Morgan fingerprint density at radius 3 is 1.81 bits per heavy atom. The van der Waals surface area contributed by atoms with Gasteiger partial charge >= 0.3 is 0 Å². The van der Waals surface area contributed by atoms with Gasteiger partial charge in [-0.1, -0.05) is 0 Å². The van der Waals surface area contributed by atoms with Gasteiger partial charge in [0.15, 0.2) is 0 Å². The standard InChI is InChI=1S/C19H22I2N2O4/c20-12-1-3-17-15(5-12)16-6-13(21)2-4-18(16)23(17)8-14(27)7-22-19(9-24,10-25)11-26/h1-6,14,22,24-27H,7-11H2. The van der Waals surface area contributed by atoms with Crippen LogP contribution in [0.2, 0.25) is 0 Å². The zero-order valence-corrected chi connectivity index (χ0v) is 18.9. The first-order chi connectivity index (χ1) is 12.9. The number of β-amino-alcohol motifs (C(OH)–C–C–N with tert-alkyl or cyclic N) is 1. The van der Waals surface area contributed by atoms with Crippen LogP contribution in [0.25, 0.3) is 21.8 Å². The van der Waals surface area contributed by atoms with Gasteiger partial charge in [-0.2, -0.15) is 0 Å². The Bertz CT molecular complexity index is 873. The average Bonchev–Trinajstić information content (AvgIpc) is 2.96. The largest absolute Gasteiger partial charge is 0.394 e. The van der Waals surface area contributed by atoms with E-state index in [1.165, 1.54) is 0 Å². The maximum absolute atomic E-state index is 10.6. The lowest BCUT2D eigenvalue weighted by molar-refractivity contribution is 0.0308. The van der Waals surface area contributed by atoms with Crippen LogP contribution in [0.1, 0.15) is 0 Å². The van der Waals surface area contributed by atoms with Crippen LogP contribution in [0.15, 0.2) is 36.4 Å². The molecule has 0 spiro atoms. The molecule has 0 saturated carbocycles. The van der Waals surface area contributed by atoms with Gasteiger partial charge in [0.25, 0.3) is 0 Å². The highest BCUT2D eigenvalue weighted by Crippen LogP contribution is 2.31. The summed E-state index contributed by atoms with van der Waals surface area (Å²) in [6.07, 6.45) is -0.758. The number of nitrogens with zero attached hydrogens (tertiary/aromatic N) is 1. The molecule has 3 aromatic rings. The molecule has 1 unspecified atom stereocenters.